The van der Waals surface area contributed by atoms with E-state index in [2.05, 4.69) is 4.90 Å². The Morgan fingerprint density at radius 1 is 1.09 bits per heavy atom. The van der Waals surface area contributed by atoms with Gasteiger partial charge in [-0.2, -0.15) is 0 Å². The van der Waals surface area contributed by atoms with Crippen molar-refractivity contribution >= 4 is 39.1 Å². The van der Waals surface area contributed by atoms with E-state index in [1.807, 2.05) is 16.9 Å². The monoisotopic (exact) mass is 540 g/mol. The van der Waals surface area contributed by atoms with Crippen LogP contribution in [0.3, 0.4) is 0 Å². The molecule has 2 aromatic carbocycles. The lowest BCUT2D eigenvalue weighted by atomic mass is 9.98. The van der Waals surface area contributed by atoms with Gasteiger partial charge in [-0.3, -0.25) is 9.69 Å². The van der Waals surface area contributed by atoms with Crippen LogP contribution in [0.5, 0.6) is 0 Å². The zero-order chi connectivity index (χ0) is 24.7. The smallest absolute Gasteiger partial charge is 0.267 e. The maximum atomic E-state index is 15.0. The third-order valence-electron chi connectivity index (χ3n) is 6.69. The number of halogens is 3. The van der Waals surface area contributed by atoms with Crippen molar-refractivity contribution in [1.82, 2.24) is 9.62 Å². The molecule has 1 atom stereocenters. The first kappa shape index (κ1) is 25.0. The molecule has 3 aliphatic rings. The van der Waals surface area contributed by atoms with Gasteiger partial charge < -0.3 is 4.74 Å². The van der Waals surface area contributed by atoms with Crippen molar-refractivity contribution in [1.29, 1.82) is 0 Å². The van der Waals surface area contributed by atoms with Crippen molar-refractivity contribution in [3.05, 3.63) is 68.4 Å². The number of benzene rings is 2. The third-order valence-corrected chi connectivity index (χ3v) is 8.95. The lowest BCUT2D eigenvalue weighted by molar-refractivity contribution is -0.0305. The van der Waals surface area contributed by atoms with Gasteiger partial charge >= 0.3 is 0 Å². The van der Waals surface area contributed by atoms with Gasteiger partial charge in [-0.15, -0.1) is 0 Å². The highest BCUT2D eigenvalue weighted by Gasteiger charge is 2.38. The molecule has 10 heteroatoms. The summed E-state index contributed by atoms with van der Waals surface area (Å²) in [5.74, 6) is -1.33. The van der Waals surface area contributed by atoms with E-state index in [0.717, 1.165) is 29.5 Å². The summed E-state index contributed by atoms with van der Waals surface area (Å²) in [6, 6.07) is 8.40. The van der Waals surface area contributed by atoms with Crippen LogP contribution in [0.25, 0.3) is 0 Å². The van der Waals surface area contributed by atoms with Gasteiger partial charge in [-0.1, -0.05) is 23.2 Å². The lowest BCUT2D eigenvalue weighted by Gasteiger charge is -2.33. The molecule has 0 aromatic heterocycles. The Hall–Kier alpha value is -1.71. The Labute approximate surface area is 214 Å². The van der Waals surface area contributed by atoms with Crippen LogP contribution >= 0.6 is 23.2 Å². The molecule has 188 valence electrons. The molecule has 0 bridgehead atoms. The van der Waals surface area contributed by atoms with E-state index in [1.165, 1.54) is 6.07 Å². The Kier molecular flexibility index (Phi) is 7.12. The highest BCUT2D eigenvalue weighted by molar-refractivity contribution is 7.91. The zero-order valence-corrected chi connectivity index (χ0v) is 21.4. The Balaban J connectivity index is 1.30. The summed E-state index contributed by atoms with van der Waals surface area (Å²) in [4.78, 5) is 14.8. The molecule has 1 heterocycles. The van der Waals surface area contributed by atoms with E-state index in [0.29, 0.717) is 55.5 Å². The fourth-order valence-corrected chi connectivity index (χ4v) is 6.51. The van der Waals surface area contributed by atoms with Crippen LogP contribution in [0, 0.1) is 5.82 Å². The predicted molar refractivity (Wildman–Crippen MR) is 133 cm³/mol. The van der Waals surface area contributed by atoms with Gasteiger partial charge in [0, 0.05) is 29.7 Å². The number of morpholine rings is 1. The van der Waals surface area contributed by atoms with Crippen molar-refractivity contribution in [2.75, 3.05) is 19.7 Å². The Bertz CT molecular complexity index is 1230. The second-order valence-corrected chi connectivity index (χ2v) is 12.5. The largest absolute Gasteiger partial charge is 0.375 e. The number of sulfonamides is 1. The molecular formula is C25H27Cl2FN2O4S. The molecular weight excluding hydrogens is 514 g/mol. The van der Waals surface area contributed by atoms with Crippen molar-refractivity contribution in [2.24, 2.45) is 0 Å². The summed E-state index contributed by atoms with van der Waals surface area (Å²) >= 11 is 12.3. The van der Waals surface area contributed by atoms with Gasteiger partial charge in [0.05, 0.1) is 23.5 Å². The average molecular weight is 541 g/mol. The second kappa shape index (κ2) is 9.98. The quantitative estimate of drug-likeness (QED) is 0.526. The topological polar surface area (TPSA) is 75.7 Å². The number of nitrogens with one attached hydrogen (secondary N) is 1. The maximum absolute atomic E-state index is 15.0. The maximum Gasteiger partial charge on any atom is 0.267 e. The molecule has 1 saturated heterocycles. The normalized spacial score (nSPS) is 21.2. The molecule has 35 heavy (non-hydrogen) atoms. The van der Waals surface area contributed by atoms with Crippen LogP contribution in [-0.2, 0) is 27.7 Å². The SMILES string of the molecule is O=C(NS(=O)(=O)C1CC1)c1cc(C2CC2)c(CN2CCO[C@H](Cc3cc(Cl)cc(Cl)c3)C2)cc1F. The van der Waals surface area contributed by atoms with Gasteiger partial charge in [0.1, 0.15) is 5.82 Å². The summed E-state index contributed by atoms with van der Waals surface area (Å²) in [6.45, 7) is 2.46. The van der Waals surface area contributed by atoms with Gasteiger partial charge in [0.2, 0.25) is 10.0 Å². The first-order chi connectivity index (χ1) is 16.7. The number of nitrogens with zero attached hydrogens (tertiary/aromatic N) is 1. The van der Waals surface area contributed by atoms with E-state index in [1.54, 1.807) is 12.1 Å². The second-order valence-electron chi connectivity index (χ2n) is 9.69. The van der Waals surface area contributed by atoms with Crippen LogP contribution in [0.1, 0.15) is 58.6 Å². The molecule has 0 unspecified atom stereocenters. The summed E-state index contributed by atoms with van der Waals surface area (Å²) in [7, 11) is -3.74. The molecule has 1 N–H and O–H groups in total. The molecule has 1 amide bonds. The highest BCUT2D eigenvalue weighted by Crippen LogP contribution is 2.43. The fraction of sp³-hybridized carbons (Fsp3) is 0.480. The molecule has 0 radical (unpaired) electrons. The number of amides is 1. The van der Waals surface area contributed by atoms with E-state index < -0.39 is 27.0 Å². The first-order valence-corrected chi connectivity index (χ1v) is 14.2. The number of hydrogen-bond donors (Lipinski definition) is 1. The summed E-state index contributed by atoms with van der Waals surface area (Å²) in [5, 5.41) is 0.617. The van der Waals surface area contributed by atoms with Gasteiger partial charge in [-0.25, -0.2) is 17.5 Å². The first-order valence-electron chi connectivity index (χ1n) is 11.8. The standard InChI is InChI=1S/C25H27Cl2FN2O4S/c26-18-7-15(8-19(27)11-18)9-20-14-30(5-6-34-20)13-17-10-24(28)23(12-22(17)16-1-2-16)25(31)29-35(32,33)21-3-4-21/h7-8,10-12,16,20-21H,1-6,9,13-14H2,(H,29,31)/t20-/m1/s1. The van der Waals surface area contributed by atoms with Gasteiger partial charge in [-0.05, 0) is 85.0 Å². The average Bonchev–Trinajstić information content (AvgIpc) is 3.66. The van der Waals surface area contributed by atoms with E-state index in [-0.39, 0.29) is 17.6 Å². The molecule has 0 spiro atoms. The minimum Gasteiger partial charge on any atom is -0.375 e. The molecule has 5 rings (SSSR count). The zero-order valence-electron chi connectivity index (χ0n) is 19.1. The Morgan fingerprint density at radius 3 is 2.46 bits per heavy atom. The van der Waals surface area contributed by atoms with Crippen LogP contribution in [0.15, 0.2) is 30.3 Å². The number of rotatable bonds is 8. The van der Waals surface area contributed by atoms with Gasteiger partial charge in [0.25, 0.3) is 5.91 Å². The molecule has 2 saturated carbocycles. The lowest BCUT2D eigenvalue weighted by Crippen LogP contribution is -2.43. The highest BCUT2D eigenvalue weighted by atomic mass is 35.5. The van der Waals surface area contributed by atoms with E-state index in [9.17, 15) is 13.2 Å². The van der Waals surface area contributed by atoms with Crippen LogP contribution in [0.2, 0.25) is 10.0 Å². The molecule has 1 aliphatic heterocycles. The van der Waals surface area contributed by atoms with Crippen molar-refractivity contribution in [3.8, 4) is 0 Å². The van der Waals surface area contributed by atoms with Crippen LogP contribution in [0.4, 0.5) is 4.39 Å². The minimum absolute atomic E-state index is 0.0508. The van der Waals surface area contributed by atoms with Crippen LogP contribution < -0.4 is 4.72 Å². The van der Waals surface area contributed by atoms with Crippen molar-refractivity contribution < 1.29 is 22.3 Å². The Morgan fingerprint density at radius 2 is 1.80 bits per heavy atom. The van der Waals surface area contributed by atoms with Crippen molar-refractivity contribution in [3.63, 3.8) is 0 Å². The van der Waals surface area contributed by atoms with Crippen LogP contribution in [-0.4, -0.2) is 50.3 Å². The fourth-order valence-electron chi connectivity index (χ4n) is 4.64. The predicted octanol–water partition coefficient (Wildman–Crippen LogP) is 4.68. The summed E-state index contributed by atoms with van der Waals surface area (Å²) in [6.07, 6.45) is 3.62. The summed E-state index contributed by atoms with van der Waals surface area (Å²) in [5.41, 5.74) is 2.54. The molecule has 2 aliphatic carbocycles. The molecule has 2 aromatic rings. The van der Waals surface area contributed by atoms with Crippen molar-refractivity contribution in [2.45, 2.75) is 55.9 Å². The summed E-state index contributed by atoms with van der Waals surface area (Å²) < 4.78 is 47.3. The number of carbonyl (C=O) groups is 1. The molecule has 6 nitrogen and oxygen atoms in total. The van der Waals surface area contributed by atoms with E-state index in [4.69, 9.17) is 27.9 Å². The molecule has 3 fully saturated rings. The number of ether oxygens (including phenoxy) is 1. The van der Waals surface area contributed by atoms with Gasteiger partial charge in [0.15, 0.2) is 0 Å². The third kappa shape index (κ3) is 6.17. The van der Waals surface area contributed by atoms with E-state index >= 15 is 4.39 Å². The number of carbonyl (C=O) groups excluding carboxylic acids is 1. The number of hydrogen-bond acceptors (Lipinski definition) is 5. The minimum atomic E-state index is -3.74.